The van der Waals surface area contributed by atoms with E-state index in [2.05, 4.69) is 58.9 Å². The lowest BCUT2D eigenvalue weighted by Gasteiger charge is -2.47. The molecule has 0 aliphatic carbocycles. The highest BCUT2D eigenvalue weighted by atomic mass is 16.8. The van der Waals surface area contributed by atoms with E-state index in [1.165, 1.54) is 88.2 Å². The monoisotopic (exact) mass is 737 g/mol. The van der Waals surface area contributed by atoms with Gasteiger partial charge < -0.3 is 28.8 Å². The molecule has 6 atom stereocenters. The fourth-order valence-electron chi connectivity index (χ4n) is 7.56. The minimum Gasteiger partial charge on any atom is -0.463 e. The molecule has 2 aromatic rings. The molecule has 0 aromatic heterocycles. The molecule has 2 aromatic carbocycles. The normalized spacial score (nSPS) is 22.2. The van der Waals surface area contributed by atoms with Crippen molar-refractivity contribution < 1.29 is 33.6 Å². The number of esters is 1. The molecule has 0 bridgehead atoms. The van der Waals surface area contributed by atoms with Crippen LogP contribution in [-0.4, -0.2) is 48.7 Å². The molecule has 1 N–H and O–H groups in total. The van der Waals surface area contributed by atoms with Crippen LogP contribution in [0.1, 0.15) is 172 Å². The van der Waals surface area contributed by atoms with Crippen LogP contribution in [0.2, 0.25) is 0 Å². The summed E-state index contributed by atoms with van der Waals surface area (Å²) in [6.07, 6.45) is 17.3. The molecule has 0 spiro atoms. The number of aliphatic hydroxyl groups excluding tert-OH is 1. The molecule has 298 valence electrons. The molecule has 7 heteroatoms. The number of carbonyl (C=O) groups excluding carboxylic acids is 1. The van der Waals surface area contributed by atoms with Crippen molar-refractivity contribution in [2.75, 3.05) is 13.2 Å². The summed E-state index contributed by atoms with van der Waals surface area (Å²) in [4.78, 5) is 12.7. The SMILES string of the molecule is CCCCCCCCCCCCCCCCCC(=O)OCC(O)C1OC(c2ccc(CC(C)C)cc2)OC2COC(c3ccc(CC(C)C)cc3)OC21. The molecule has 2 aliphatic rings. The van der Waals surface area contributed by atoms with E-state index in [-0.39, 0.29) is 19.2 Å². The number of fused-ring (bicyclic) bond motifs is 1. The third kappa shape index (κ3) is 15.8. The summed E-state index contributed by atoms with van der Waals surface area (Å²) in [5.41, 5.74) is 4.29. The summed E-state index contributed by atoms with van der Waals surface area (Å²) >= 11 is 0. The lowest BCUT2D eigenvalue weighted by Crippen LogP contribution is -2.58. The average Bonchev–Trinajstić information content (AvgIpc) is 3.15. The van der Waals surface area contributed by atoms with Gasteiger partial charge in [-0.15, -0.1) is 0 Å². The second-order valence-corrected chi connectivity index (χ2v) is 16.5. The summed E-state index contributed by atoms with van der Waals surface area (Å²) < 4.78 is 31.1. The number of hydrogen-bond acceptors (Lipinski definition) is 7. The first-order chi connectivity index (χ1) is 25.7. The van der Waals surface area contributed by atoms with E-state index in [1.54, 1.807) is 0 Å². The second-order valence-electron chi connectivity index (χ2n) is 16.5. The van der Waals surface area contributed by atoms with Gasteiger partial charge in [-0.3, -0.25) is 4.79 Å². The number of rotatable bonds is 25. The summed E-state index contributed by atoms with van der Waals surface area (Å²) in [5, 5.41) is 11.5. The smallest absolute Gasteiger partial charge is 0.305 e. The van der Waals surface area contributed by atoms with Gasteiger partial charge in [0.05, 0.1) is 6.61 Å². The van der Waals surface area contributed by atoms with E-state index >= 15 is 0 Å². The Labute approximate surface area is 321 Å². The molecule has 6 unspecified atom stereocenters. The van der Waals surface area contributed by atoms with E-state index < -0.39 is 37.0 Å². The van der Waals surface area contributed by atoms with Crippen LogP contribution in [0.5, 0.6) is 0 Å². The van der Waals surface area contributed by atoms with Gasteiger partial charge in [-0.25, -0.2) is 0 Å². The first kappa shape index (κ1) is 43.4. The topological polar surface area (TPSA) is 83.5 Å². The number of unbranched alkanes of at least 4 members (excludes halogenated alkanes) is 14. The maximum atomic E-state index is 12.7. The van der Waals surface area contributed by atoms with Crippen LogP contribution in [0.15, 0.2) is 48.5 Å². The first-order valence-corrected chi connectivity index (χ1v) is 21.3. The zero-order valence-electron chi connectivity index (χ0n) is 33.8. The highest BCUT2D eigenvalue weighted by Gasteiger charge is 2.48. The van der Waals surface area contributed by atoms with E-state index in [1.807, 2.05) is 24.3 Å². The van der Waals surface area contributed by atoms with E-state index in [4.69, 9.17) is 23.7 Å². The first-order valence-electron chi connectivity index (χ1n) is 21.3. The summed E-state index contributed by atoms with van der Waals surface area (Å²) in [6, 6.07) is 16.6. The van der Waals surface area contributed by atoms with Crippen LogP contribution in [-0.2, 0) is 41.3 Å². The molecule has 53 heavy (non-hydrogen) atoms. The number of benzene rings is 2. The van der Waals surface area contributed by atoms with Crippen molar-refractivity contribution in [2.24, 2.45) is 11.8 Å². The molecule has 2 fully saturated rings. The van der Waals surface area contributed by atoms with Crippen LogP contribution in [0.3, 0.4) is 0 Å². The molecule has 2 saturated heterocycles. The van der Waals surface area contributed by atoms with Gasteiger partial charge in [0.2, 0.25) is 0 Å². The number of aliphatic hydroxyl groups is 1. The Kier molecular flexibility index (Phi) is 19.9. The van der Waals surface area contributed by atoms with E-state index in [9.17, 15) is 9.90 Å². The fourth-order valence-corrected chi connectivity index (χ4v) is 7.56. The van der Waals surface area contributed by atoms with Crippen LogP contribution in [0.4, 0.5) is 0 Å². The Morgan fingerprint density at radius 2 is 1.13 bits per heavy atom. The predicted octanol–water partition coefficient (Wildman–Crippen LogP) is 11.1. The summed E-state index contributed by atoms with van der Waals surface area (Å²) in [6.45, 7) is 11.2. The van der Waals surface area contributed by atoms with Crippen LogP contribution in [0, 0.1) is 11.8 Å². The maximum absolute atomic E-state index is 12.7. The Morgan fingerprint density at radius 1 is 0.660 bits per heavy atom. The van der Waals surface area contributed by atoms with Gasteiger partial charge in [0.15, 0.2) is 12.6 Å². The molecular formula is C46H72O7. The molecule has 0 saturated carbocycles. The number of carbonyl (C=O) groups is 1. The predicted molar refractivity (Wildman–Crippen MR) is 213 cm³/mol. The van der Waals surface area contributed by atoms with Gasteiger partial charge in [0, 0.05) is 17.5 Å². The van der Waals surface area contributed by atoms with Crippen LogP contribution in [0.25, 0.3) is 0 Å². The molecule has 7 nitrogen and oxygen atoms in total. The lowest BCUT2D eigenvalue weighted by atomic mass is 9.98. The third-order valence-electron chi connectivity index (χ3n) is 10.5. The van der Waals surface area contributed by atoms with Crippen molar-refractivity contribution in [3.8, 4) is 0 Å². The van der Waals surface area contributed by atoms with Crippen LogP contribution < -0.4 is 0 Å². The molecular weight excluding hydrogens is 664 g/mol. The van der Waals surface area contributed by atoms with Crippen LogP contribution >= 0.6 is 0 Å². The van der Waals surface area contributed by atoms with Gasteiger partial charge in [-0.1, -0.05) is 173 Å². The zero-order chi connectivity index (χ0) is 37.8. The van der Waals surface area contributed by atoms with E-state index in [0.29, 0.717) is 18.3 Å². The summed E-state index contributed by atoms with van der Waals surface area (Å²) in [7, 11) is 0. The Hall–Kier alpha value is -2.29. The molecule has 2 heterocycles. The maximum Gasteiger partial charge on any atom is 0.305 e. The standard InChI is InChI=1S/C46H72O7/c1-6-7-8-9-10-11-12-13-14-15-16-17-18-19-20-21-42(48)49-32-40(47)43-44-41(51-46(52-43)39-28-24-37(25-29-39)31-35(4)5)33-50-45(53-44)38-26-22-36(23-27-38)30-34(2)3/h22-29,34-35,40-41,43-47H,6-21,30-33H2,1-5H3. The highest BCUT2D eigenvalue weighted by Crippen LogP contribution is 2.39. The van der Waals surface area contributed by atoms with Crippen molar-refractivity contribution in [2.45, 2.75) is 187 Å². The molecule has 2 aliphatic heterocycles. The highest BCUT2D eigenvalue weighted by molar-refractivity contribution is 5.69. The average molecular weight is 737 g/mol. The van der Waals surface area contributed by atoms with Crippen molar-refractivity contribution in [1.82, 2.24) is 0 Å². The molecule has 0 amide bonds. The van der Waals surface area contributed by atoms with Crippen molar-refractivity contribution in [3.63, 3.8) is 0 Å². The Balaban J connectivity index is 1.22. The number of ether oxygens (including phenoxy) is 5. The lowest BCUT2D eigenvalue weighted by molar-refractivity contribution is -0.373. The Bertz CT molecular complexity index is 1260. The van der Waals surface area contributed by atoms with Gasteiger partial charge in [-0.05, 0) is 42.2 Å². The molecule has 0 radical (unpaired) electrons. The van der Waals surface area contributed by atoms with E-state index in [0.717, 1.165) is 43.2 Å². The minimum absolute atomic E-state index is 0.162. The third-order valence-corrected chi connectivity index (χ3v) is 10.5. The quantitative estimate of drug-likeness (QED) is 0.0802. The second kappa shape index (κ2) is 24.3. The summed E-state index contributed by atoms with van der Waals surface area (Å²) in [5.74, 6) is 0.841. The van der Waals surface area contributed by atoms with Gasteiger partial charge in [0.25, 0.3) is 0 Å². The number of hydrogen-bond donors (Lipinski definition) is 1. The van der Waals surface area contributed by atoms with Gasteiger partial charge in [0.1, 0.15) is 31.0 Å². The molecule has 4 rings (SSSR count). The van der Waals surface area contributed by atoms with Crippen molar-refractivity contribution in [1.29, 1.82) is 0 Å². The fraction of sp³-hybridized carbons (Fsp3) is 0.717. The minimum atomic E-state index is -1.09. The Morgan fingerprint density at radius 3 is 1.62 bits per heavy atom. The van der Waals surface area contributed by atoms with Gasteiger partial charge >= 0.3 is 5.97 Å². The largest absolute Gasteiger partial charge is 0.463 e. The van der Waals surface area contributed by atoms with Gasteiger partial charge in [-0.2, -0.15) is 0 Å². The zero-order valence-corrected chi connectivity index (χ0v) is 33.8. The van der Waals surface area contributed by atoms with Crippen molar-refractivity contribution >= 4 is 5.97 Å². The van der Waals surface area contributed by atoms with Crippen molar-refractivity contribution in [3.05, 3.63) is 70.8 Å².